The SMILES string of the molecule is CCNCCC(=O)NC(CC)(CO)CO. The monoisotopic (exact) mass is 218 g/mol. The number of hydrogen-bond donors (Lipinski definition) is 4. The van der Waals surface area contributed by atoms with Crippen LogP contribution in [0.4, 0.5) is 0 Å². The van der Waals surface area contributed by atoms with Gasteiger partial charge in [0.25, 0.3) is 0 Å². The van der Waals surface area contributed by atoms with E-state index in [1.165, 1.54) is 0 Å². The Bertz CT molecular complexity index is 173. The molecule has 0 aliphatic rings. The van der Waals surface area contributed by atoms with Crippen molar-refractivity contribution in [3.8, 4) is 0 Å². The fourth-order valence-corrected chi connectivity index (χ4v) is 1.18. The van der Waals surface area contributed by atoms with Gasteiger partial charge in [-0.2, -0.15) is 0 Å². The first-order valence-electron chi connectivity index (χ1n) is 5.37. The molecular formula is C10H22N2O3. The van der Waals surface area contributed by atoms with Crippen molar-refractivity contribution in [2.24, 2.45) is 0 Å². The van der Waals surface area contributed by atoms with Gasteiger partial charge in [-0.05, 0) is 13.0 Å². The van der Waals surface area contributed by atoms with E-state index in [1.807, 2.05) is 13.8 Å². The summed E-state index contributed by atoms with van der Waals surface area (Å²) in [5, 5.41) is 23.9. The Labute approximate surface area is 90.9 Å². The lowest BCUT2D eigenvalue weighted by atomic mass is 9.98. The molecule has 0 atom stereocenters. The Morgan fingerprint density at radius 2 is 1.87 bits per heavy atom. The molecule has 0 bridgehead atoms. The van der Waals surface area contributed by atoms with Crippen molar-refractivity contribution in [1.29, 1.82) is 0 Å². The third-order valence-electron chi connectivity index (χ3n) is 2.47. The molecule has 0 spiro atoms. The predicted molar refractivity (Wildman–Crippen MR) is 58.5 cm³/mol. The summed E-state index contributed by atoms with van der Waals surface area (Å²) in [6.45, 7) is 4.73. The molecule has 15 heavy (non-hydrogen) atoms. The molecule has 0 aromatic heterocycles. The first-order chi connectivity index (χ1) is 7.14. The zero-order valence-electron chi connectivity index (χ0n) is 9.55. The Hall–Kier alpha value is -0.650. The van der Waals surface area contributed by atoms with E-state index in [4.69, 9.17) is 10.2 Å². The number of amides is 1. The average Bonchev–Trinajstić information content (AvgIpc) is 2.26. The van der Waals surface area contributed by atoms with E-state index in [-0.39, 0.29) is 19.1 Å². The molecule has 90 valence electrons. The maximum Gasteiger partial charge on any atom is 0.221 e. The number of aliphatic hydroxyl groups is 2. The van der Waals surface area contributed by atoms with E-state index >= 15 is 0 Å². The first-order valence-corrected chi connectivity index (χ1v) is 5.37. The van der Waals surface area contributed by atoms with Gasteiger partial charge in [-0.15, -0.1) is 0 Å². The number of carbonyl (C=O) groups is 1. The summed E-state index contributed by atoms with van der Waals surface area (Å²) in [4.78, 5) is 11.4. The van der Waals surface area contributed by atoms with Gasteiger partial charge >= 0.3 is 0 Å². The van der Waals surface area contributed by atoms with Crippen LogP contribution in [0.25, 0.3) is 0 Å². The minimum Gasteiger partial charge on any atom is -0.394 e. The molecule has 0 unspecified atom stereocenters. The highest BCUT2D eigenvalue weighted by Crippen LogP contribution is 2.08. The number of rotatable bonds is 8. The van der Waals surface area contributed by atoms with Gasteiger partial charge in [-0.1, -0.05) is 13.8 Å². The first kappa shape index (κ1) is 14.3. The summed E-state index contributed by atoms with van der Waals surface area (Å²) in [6.07, 6.45) is 0.864. The Morgan fingerprint density at radius 1 is 1.27 bits per heavy atom. The van der Waals surface area contributed by atoms with Gasteiger partial charge in [0.2, 0.25) is 5.91 Å². The van der Waals surface area contributed by atoms with Crippen molar-refractivity contribution in [2.75, 3.05) is 26.3 Å². The lowest BCUT2D eigenvalue weighted by Crippen LogP contribution is -2.54. The van der Waals surface area contributed by atoms with Crippen LogP contribution >= 0.6 is 0 Å². The molecule has 0 aliphatic heterocycles. The van der Waals surface area contributed by atoms with Crippen LogP contribution < -0.4 is 10.6 Å². The summed E-state index contributed by atoms with van der Waals surface area (Å²) in [5.74, 6) is -0.152. The zero-order chi connectivity index (χ0) is 11.7. The molecule has 0 aromatic carbocycles. The second-order valence-electron chi connectivity index (χ2n) is 3.60. The van der Waals surface area contributed by atoms with Gasteiger partial charge < -0.3 is 20.8 Å². The summed E-state index contributed by atoms with van der Waals surface area (Å²) in [6, 6.07) is 0. The fourth-order valence-electron chi connectivity index (χ4n) is 1.18. The molecule has 0 aliphatic carbocycles. The van der Waals surface area contributed by atoms with Crippen LogP contribution in [-0.2, 0) is 4.79 Å². The molecule has 0 saturated carbocycles. The summed E-state index contributed by atoms with van der Waals surface area (Å²) in [7, 11) is 0. The molecule has 0 heterocycles. The quantitative estimate of drug-likeness (QED) is 0.403. The summed E-state index contributed by atoms with van der Waals surface area (Å²) in [5.41, 5.74) is -0.872. The van der Waals surface area contributed by atoms with Crippen molar-refractivity contribution < 1.29 is 15.0 Å². The number of nitrogens with one attached hydrogen (secondary N) is 2. The van der Waals surface area contributed by atoms with Crippen LogP contribution in [0.3, 0.4) is 0 Å². The lowest BCUT2D eigenvalue weighted by Gasteiger charge is -2.29. The minimum absolute atomic E-state index is 0.152. The molecule has 1 amide bonds. The molecule has 5 nitrogen and oxygen atoms in total. The number of aliphatic hydroxyl groups excluding tert-OH is 2. The molecule has 5 heteroatoms. The Morgan fingerprint density at radius 3 is 2.27 bits per heavy atom. The molecule has 0 rings (SSSR count). The van der Waals surface area contributed by atoms with Crippen molar-refractivity contribution in [1.82, 2.24) is 10.6 Å². The normalized spacial score (nSPS) is 11.5. The van der Waals surface area contributed by atoms with Crippen LogP contribution in [0.1, 0.15) is 26.7 Å². The lowest BCUT2D eigenvalue weighted by molar-refractivity contribution is -0.124. The predicted octanol–water partition coefficient (Wildman–Crippen LogP) is -0.764. The molecular weight excluding hydrogens is 196 g/mol. The van der Waals surface area contributed by atoms with Crippen molar-refractivity contribution >= 4 is 5.91 Å². The molecule has 0 saturated heterocycles. The van der Waals surface area contributed by atoms with Gasteiger partial charge in [-0.25, -0.2) is 0 Å². The van der Waals surface area contributed by atoms with Crippen LogP contribution in [0.2, 0.25) is 0 Å². The van der Waals surface area contributed by atoms with Gasteiger partial charge in [0, 0.05) is 13.0 Å². The third kappa shape index (κ3) is 5.11. The summed E-state index contributed by atoms with van der Waals surface area (Å²) >= 11 is 0. The highest BCUT2D eigenvalue weighted by Gasteiger charge is 2.27. The second-order valence-corrected chi connectivity index (χ2v) is 3.60. The van der Waals surface area contributed by atoms with Gasteiger partial charge in [0.05, 0.1) is 18.8 Å². The van der Waals surface area contributed by atoms with E-state index < -0.39 is 5.54 Å². The molecule has 0 fully saturated rings. The fraction of sp³-hybridized carbons (Fsp3) is 0.900. The minimum atomic E-state index is -0.872. The smallest absolute Gasteiger partial charge is 0.221 e. The number of hydrogen-bond acceptors (Lipinski definition) is 4. The highest BCUT2D eigenvalue weighted by molar-refractivity contribution is 5.77. The van der Waals surface area contributed by atoms with Crippen LogP contribution in [-0.4, -0.2) is 48.0 Å². The summed E-state index contributed by atoms with van der Waals surface area (Å²) < 4.78 is 0. The van der Waals surface area contributed by atoms with E-state index in [2.05, 4.69) is 10.6 Å². The van der Waals surface area contributed by atoms with Crippen molar-refractivity contribution in [3.05, 3.63) is 0 Å². The molecule has 0 radical (unpaired) electrons. The van der Waals surface area contributed by atoms with Gasteiger partial charge in [-0.3, -0.25) is 4.79 Å². The van der Waals surface area contributed by atoms with Gasteiger partial charge in [0.15, 0.2) is 0 Å². The molecule has 4 N–H and O–H groups in total. The van der Waals surface area contributed by atoms with Crippen LogP contribution in [0, 0.1) is 0 Å². The van der Waals surface area contributed by atoms with Crippen molar-refractivity contribution in [2.45, 2.75) is 32.2 Å². The Balaban J connectivity index is 4.00. The van der Waals surface area contributed by atoms with E-state index in [9.17, 15) is 4.79 Å². The molecule has 0 aromatic rings. The maximum atomic E-state index is 11.4. The van der Waals surface area contributed by atoms with E-state index in [0.717, 1.165) is 6.54 Å². The standard InChI is InChI=1S/C10H22N2O3/c1-3-10(7-13,8-14)12-9(15)5-6-11-4-2/h11,13-14H,3-8H2,1-2H3,(H,12,15). The largest absolute Gasteiger partial charge is 0.394 e. The van der Waals surface area contributed by atoms with Gasteiger partial charge in [0.1, 0.15) is 0 Å². The topological polar surface area (TPSA) is 81.6 Å². The second kappa shape index (κ2) is 7.62. The highest BCUT2D eigenvalue weighted by atomic mass is 16.3. The van der Waals surface area contributed by atoms with E-state index in [0.29, 0.717) is 19.4 Å². The van der Waals surface area contributed by atoms with Crippen LogP contribution in [0.15, 0.2) is 0 Å². The van der Waals surface area contributed by atoms with Crippen LogP contribution in [0.5, 0.6) is 0 Å². The average molecular weight is 218 g/mol. The van der Waals surface area contributed by atoms with Crippen molar-refractivity contribution in [3.63, 3.8) is 0 Å². The maximum absolute atomic E-state index is 11.4. The third-order valence-corrected chi connectivity index (χ3v) is 2.47. The number of carbonyl (C=O) groups excluding carboxylic acids is 1. The van der Waals surface area contributed by atoms with E-state index in [1.54, 1.807) is 0 Å². The zero-order valence-corrected chi connectivity index (χ0v) is 9.55. The Kier molecular flexibility index (Phi) is 7.29.